The van der Waals surface area contributed by atoms with Gasteiger partial charge < -0.3 is 19.5 Å². The maximum Gasteiger partial charge on any atom is 0.407 e. The van der Waals surface area contributed by atoms with Crippen LogP contribution in [0.4, 0.5) is 4.79 Å². The maximum atomic E-state index is 12.8. The highest BCUT2D eigenvalue weighted by atomic mass is 16.7. The fourth-order valence-electron chi connectivity index (χ4n) is 3.62. The third-order valence-corrected chi connectivity index (χ3v) is 5.47. The van der Waals surface area contributed by atoms with Crippen molar-refractivity contribution < 1.29 is 28.6 Å². The van der Waals surface area contributed by atoms with Crippen molar-refractivity contribution in [1.29, 1.82) is 0 Å². The summed E-state index contributed by atoms with van der Waals surface area (Å²) in [6, 6.07) is 9.29. The first kappa shape index (κ1) is 27.9. The van der Waals surface area contributed by atoms with Gasteiger partial charge in [0.2, 0.25) is 0 Å². The Morgan fingerprint density at radius 3 is 2.17 bits per heavy atom. The highest BCUT2D eigenvalue weighted by molar-refractivity contribution is 6.01. The van der Waals surface area contributed by atoms with E-state index in [-0.39, 0.29) is 6.42 Å². The lowest BCUT2D eigenvalue weighted by Gasteiger charge is -2.39. The fraction of sp³-hybridized carbons (Fsp3) is 0.464. The molecule has 0 unspecified atom stereocenters. The summed E-state index contributed by atoms with van der Waals surface area (Å²) in [5.41, 5.74) is 0.645. The van der Waals surface area contributed by atoms with E-state index >= 15 is 0 Å². The number of alkyl carbamates (subject to hydrolysis) is 1. The third kappa shape index (κ3) is 8.12. The van der Waals surface area contributed by atoms with Gasteiger partial charge in [-0.2, -0.15) is 0 Å². The van der Waals surface area contributed by atoms with Gasteiger partial charge in [-0.1, -0.05) is 55.1 Å². The Bertz CT molecular complexity index is 994. The molecule has 35 heavy (non-hydrogen) atoms. The van der Waals surface area contributed by atoms with Crippen molar-refractivity contribution in [2.75, 3.05) is 0 Å². The van der Waals surface area contributed by atoms with E-state index in [0.717, 1.165) is 16.7 Å². The summed E-state index contributed by atoms with van der Waals surface area (Å²) in [7, 11) is 0. The van der Waals surface area contributed by atoms with Gasteiger partial charge in [0, 0.05) is 19.9 Å². The molecule has 0 radical (unpaired) electrons. The van der Waals surface area contributed by atoms with E-state index in [1.807, 2.05) is 49.4 Å². The number of rotatable bonds is 8. The topological polar surface area (TPSA) is 90.9 Å². The predicted octanol–water partition coefficient (Wildman–Crippen LogP) is 5.72. The molecule has 190 valence electrons. The number of ether oxygens (including phenoxy) is 3. The molecule has 0 aromatic heterocycles. The van der Waals surface area contributed by atoms with Crippen LogP contribution in [-0.4, -0.2) is 35.5 Å². The molecule has 0 saturated carbocycles. The minimum absolute atomic E-state index is 0.0352. The van der Waals surface area contributed by atoms with Crippen LogP contribution in [0.2, 0.25) is 0 Å². The minimum Gasteiger partial charge on any atom is -0.444 e. The maximum absolute atomic E-state index is 12.8. The lowest BCUT2D eigenvalue weighted by atomic mass is 9.81. The van der Waals surface area contributed by atoms with Crippen LogP contribution in [0, 0.1) is 5.41 Å². The zero-order chi connectivity index (χ0) is 26.4. The summed E-state index contributed by atoms with van der Waals surface area (Å²) in [4.78, 5) is 38.2. The zero-order valence-corrected chi connectivity index (χ0v) is 21.8. The number of hydrogen-bond acceptors (Lipinski definition) is 6. The van der Waals surface area contributed by atoms with E-state index in [4.69, 9.17) is 14.2 Å². The number of cyclic esters (lactones) is 2. The second-order valence-corrected chi connectivity index (χ2v) is 10.4. The normalized spacial score (nSPS) is 18.7. The number of esters is 2. The summed E-state index contributed by atoms with van der Waals surface area (Å²) < 4.78 is 16.1. The molecule has 1 aliphatic heterocycles. The standard InChI is InChI=1S/C28H37NO6/c1-9-20(16-15-19(2)21-13-11-10-12-14-21)17-22(29-25(32)35-26(3,4)5)18-28(8)23(30)33-27(6,7)34-24(28)31/h9-16,22H,1,17-18H2,2-8H3,(H,29,32)/b19-15+,20-16+/t22-/m1/s1. The summed E-state index contributed by atoms with van der Waals surface area (Å²) in [5, 5.41) is 2.81. The van der Waals surface area contributed by atoms with E-state index in [2.05, 4.69) is 11.9 Å². The van der Waals surface area contributed by atoms with Gasteiger partial charge in [0.25, 0.3) is 5.79 Å². The van der Waals surface area contributed by atoms with Gasteiger partial charge in [-0.25, -0.2) is 4.79 Å². The van der Waals surface area contributed by atoms with Gasteiger partial charge >= 0.3 is 18.0 Å². The molecule has 2 rings (SSSR count). The molecular weight excluding hydrogens is 446 g/mol. The molecule has 1 aromatic rings. The van der Waals surface area contributed by atoms with Gasteiger partial charge in [-0.15, -0.1) is 0 Å². The number of amides is 1. The van der Waals surface area contributed by atoms with E-state index in [1.165, 1.54) is 20.8 Å². The van der Waals surface area contributed by atoms with E-state index < -0.39 is 40.9 Å². The molecule has 0 aliphatic carbocycles. The first-order chi connectivity index (χ1) is 16.1. The average molecular weight is 484 g/mol. The molecule has 1 fully saturated rings. The van der Waals surface area contributed by atoms with Gasteiger partial charge in [-0.05, 0) is 64.2 Å². The molecule has 1 saturated heterocycles. The number of hydrogen-bond donors (Lipinski definition) is 1. The largest absolute Gasteiger partial charge is 0.444 e. The Balaban J connectivity index is 2.31. The minimum atomic E-state index is -1.59. The second-order valence-electron chi connectivity index (χ2n) is 10.4. The Morgan fingerprint density at radius 2 is 1.66 bits per heavy atom. The summed E-state index contributed by atoms with van der Waals surface area (Å²) in [6.07, 6.45) is 5.17. The van der Waals surface area contributed by atoms with Crippen LogP contribution >= 0.6 is 0 Å². The molecule has 0 spiro atoms. The number of allylic oxidation sites excluding steroid dienone is 4. The van der Waals surface area contributed by atoms with Crippen LogP contribution in [0.25, 0.3) is 5.57 Å². The van der Waals surface area contributed by atoms with Gasteiger partial charge in [0.15, 0.2) is 5.41 Å². The van der Waals surface area contributed by atoms with Crippen molar-refractivity contribution in [1.82, 2.24) is 5.32 Å². The zero-order valence-electron chi connectivity index (χ0n) is 21.8. The third-order valence-electron chi connectivity index (χ3n) is 5.47. The average Bonchev–Trinajstić information content (AvgIpc) is 2.73. The molecule has 1 aliphatic rings. The molecular formula is C28H37NO6. The Labute approximate surface area is 208 Å². The lowest BCUT2D eigenvalue weighted by molar-refractivity contribution is -0.250. The summed E-state index contributed by atoms with van der Waals surface area (Å²) >= 11 is 0. The summed E-state index contributed by atoms with van der Waals surface area (Å²) in [6.45, 7) is 15.6. The summed E-state index contributed by atoms with van der Waals surface area (Å²) in [5.74, 6) is -2.73. The van der Waals surface area contributed by atoms with Gasteiger partial charge in [0.1, 0.15) is 5.60 Å². The smallest absolute Gasteiger partial charge is 0.407 e. The van der Waals surface area contributed by atoms with Crippen LogP contribution < -0.4 is 5.32 Å². The van der Waals surface area contributed by atoms with Crippen LogP contribution in [0.15, 0.2) is 60.7 Å². The van der Waals surface area contributed by atoms with Crippen LogP contribution in [-0.2, 0) is 23.8 Å². The van der Waals surface area contributed by atoms with Crippen molar-refractivity contribution in [2.45, 2.75) is 78.7 Å². The lowest BCUT2D eigenvalue weighted by Crippen LogP contribution is -2.55. The van der Waals surface area contributed by atoms with Crippen molar-refractivity contribution in [3.63, 3.8) is 0 Å². The first-order valence-corrected chi connectivity index (χ1v) is 11.7. The van der Waals surface area contributed by atoms with Crippen LogP contribution in [0.5, 0.6) is 0 Å². The van der Waals surface area contributed by atoms with Crippen molar-refractivity contribution in [3.8, 4) is 0 Å². The SMILES string of the molecule is C=C/C(=C\C=C(/C)c1ccccc1)C[C@H](CC1(C)C(=O)OC(C)(C)OC1=O)NC(=O)OC(C)(C)C. The van der Waals surface area contributed by atoms with Crippen molar-refractivity contribution in [3.05, 3.63) is 66.3 Å². The van der Waals surface area contributed by atoms with Gasteiger partial charge in [0.05, 0.1) is 0 Å². The number of nitrogens with one attached hydrogen (secondary N) is 1. The van der Waals surface area contributed by atoms with E-state index in [1.54, 1.807) is 26.8 Å². The monoisotopic (exact) mass is 483 g/mol. The Kier molecular flexibility index (Phi) is 8.71. The molecule has 1 amide bonds. The van der Waals surface area contributed by atoms with Gasteiger partial charge in [-0.3, -0.25) is 9.59 Å². The molecule has 1 aromatic carbocycles. The van der Waals surface area contributed by atoms with Crippen LogP contribution in [0.1, 0.15) is 66.9 Å². The van der Waals surface area contributed by atoms with Crippen molar-refractivity contribution in [2.24, 2.45) is 5.41 Å². The molecule has 1 heterocycles. The van der Waals surface area contributed by atoms with Crippen LogP contribution in [0.3, 0.4) is 0 Å². The number of benzene rings is 1. The predicted molar refractivity (Wildman–Crippen MR) is 135 cm³/mol. The van der Waals surface area contributed by atoms with E-state index in [0.29, 0.717) is 6.42 Å². The Hall–Kier alpha value is -3.35. The molecule has 7 heteroatoms. The molecule has 0 bridgehead atoms. The highest BCUT2D eigenvalue weighted by Crippen LogP contribution is 2.37. The van der Waals surface area contributed by atoms with Crippen molar-refractivity contribution >= 4 is 23.6 Å². The fourth-order valence-corrected chi connectivity index (χ4v) is 3.62. The molecule has 1 atom stereocenters. The first-order valence-electron chi connectivity index (χ1n) is 11.7. The quantitative estimate of drug-likeness (QED) is 0.289. The Morgan fingerprint density at radius 1 is 1.09 bits per heavy atom. The molecule has 1 N–H and O–H groups in total. The molecule has 7 nitrogen and oxygen atoms in total. The highest BCUT2D eigenvalue weighted by Gasteiger charge is 2.54. The van der Waals surface area contributed by atoms with E-state index in [9.17, 15) is 14.4 Å². The number of carbonyl (C=O) groups excluding carboxylic acids is 3. The number of carbonyl (C=O) groups is 3. The second kappa shape index (κ2) is 10.9.